The minimum atomic E-state index is -0.115. The smallest absolute Gasteiger partial charge is 0.185 e. The molecule has 0 saturated heterocycles. The largest absolute Gasteiger partial charge is 0.398 e. The van der Waals surface area contributed by atoms with E-state index in [1.54, 1.807) is 30.5 Å². The van der Waals surface area contributed by atoms with Gasteiger partial charge in [0.15, 0.2) is 11.6 Å². The second kappa shape index (κ2) is 6.75. The van der Waals surface area contributed by atoms with Crippen LogP contribution in [0.4, 0.5) is 5.69 Å². The van der Waals surface area contributed by atoms with Crippen molar-refractivity contribution in [2.24, 2.45) is 0 Å². The Morgan fingerprint density at radius 3 is 2.83 bits per heavy atom. The first-order valence-corrected chi connectivity index (χ1v) is 8.38. The first kappa shape index (κ1) is 16.7. The molecule has 0 saturated carbocycles. The molecule has 0 aliphatic carbocycles. The van der Waals surface area contributed by atoms with Crippen LogP contribution in [0.25, 0.3) is 5.82 Å². The number of ketones is 1. The summed E-state index contributed by atoms with van der Waals surface area (Å²) >= 11 is 9.49. The molecule has 0 amide bonds. The highest BCUT2D eigenvalue weighted by molar-refractivity contribution is 9.10. The summed E-state index contributed by atoms with van der Waals surface area (Å²) in [5.74, 6) is 0.293. The van der Waals surface area contributed by atoms with Crippen molar-refractivity contribution in [2.45, 2.75) is 13.3 Å². The third-order valence-corrected chi connectivity index (χ3v) is 4.37. The average molecular weight is 406 g/mol. The molecule has 1 aromatic carbocycles. The standard InChI is InChI=1S/C17H14BrClN4O/c1-10-4-2-6-13(20)11(10)8-15(24)14-9-16(18)22-23(14)17-12(19)5-3-7-21-17/h2-7,9H,8,20H2,1H3. The maximum atomic E-state index is 12.8. The Kier molecular flexibility index (Phi) is 4.69. The Morgan fingerprint density at radius 1 is 1.33 bits per heavy atom. The lowest BCUT2D eigenvalue weighted by atomic mass is 10.00. The molecular weight excluding hydrogens is 392 g/mol. The molecule has 3 aromatic rings. The van der Waals surface area contributed by atoms with Gasteiger partial charge >= 0.3 is 0 Å². The van der Waals surface area contributed by atoms with Gasteiger partial charge in [-0.25, -0.2) is 9.67 Å². The molecule has 0 unspecified atom stereocenters. The van der Waals surface area contributed by atoms with Gasteiger partial charge in [0, 0.05) is 24.4 Å². The zero-order chi connectivity index (χ0) is 17.3. The van der Waals surface area contributed by atoms with E-state index in [0.29, 0.717) is 26.8 Å². The van der Waals surface area contributed by atoms with Gasteiger partial charge in [-0.3, -0.25) is 4.79 Å². The van der Waals surface area contributed by atoms with E-state index in [9.17, 15) is 4.79 Å². The van der Waals surface area contributed by atoms with Crippen LogP contribution in [0.1, 0.15) is 21.6 Å². The molecule has 0 fully saturated rings. The maximum Gasteiger partial charge on any atom is 0.185 e. The normalized spacial score (nSPS) is 10.8. The van der Waals surface area contributed by atoms with E-state index < -0.39 is 0 Å². The minimum absolute atomic E-state index is 0.115. The van der Waals surface area contributed by atoms with Crippen LogP contribution >= 0.6 is 27.5 Å². The van der Waals surface area contributed by atoms with Crippen molar-refractivity contribution in [2.75, 3.05) is 5.73 Å². The number of rotatable bonds is 4. The Labute approximate surface area is 152 Å². The van der Waals surface area contributed by atoms with Gasteiger partial charge < -0.3 is 5.73 Å². The van der Waals surface area contributed by atoms with E-state index in [2.05, 4.69) is 26.0 Å². The number of benzene rings is 1. The Morgan fingerprint density at radius 2 is 2.12 bits per heavy atom. The van der Waals surface area contributed by atoms with Gasteiger partial charge in [0.1, 0.15) is 10.3 Å². The number of anilines is 1. The van der Waals surface area contributed by atoms with Crippen LogP contribution in [0.2, 0.25) is 5.02 Å². The van der Waals surface area contributed by atoms with Gasteiger partial charge in [-0.15, -0.1) is 0 Å². The first-order valence-electron chi connectivity index (χ1n) is 7.21. The Bertz CT molecular complexity index is 902. The van der Waals surface area contributed by atoms with E-state index in [-0.39, 0.29) is 12.2 Å². The Balaban J connectivity index is 2.02. The van der Waals surface area contributed by atoms with Gasteiger partial charge in [0.25, 0.3) is 0 Å². The van der Waals surface area contributed by atoms with Crippen molar-refractivity contribution in [3.05, 3.63) is 69.0 Å². The summed E-state index contributed by atoms with van der Waals surface area (Å²) < 4.78 is 1.98. The van der Waals surface area contributed by atoms with Crippen LogP contribution in [0, 0.1) is 6.92 Å². The maximum absolute atomic E-state index is 12.8. The van der Waals surface area contributed by atoms with Crippen molar-refractivity contribution >= 4 is 39.0 Å². The Hall–Kier alpha value is -2.18. The van der Waals surface area contributed by atoms with Crippen LogP contribution in [-0.4, -0.2) is 20.5 Å². The van der Waals surface area contributed by atoms with E-state index >= 15 is 0 Å². The molecule has 24 heavy (non-hydrogen) atoms. The van der Waals surface area contributed by atoms with Crippen LogP contribution in [0.15, 0.2) is 47.2 Å². The van der Waals surface area contributed by atoms with E-state index in [1.807, 2.05) is 19.1 Å². The molecule has 0 aliphatic rings. The predicted molar refractivity (Wildman–Crippen MR) is 97.7 cm³/mol. The lowest BCUT2D eigenvalue weighted by molar-refractivity contribution is 0.0985. The molecule has 5 nitrogen and oxygen atoms in total. The monoisotopic (exact) mass is 404 g/mol. The molecule has 0 bridgehead atoms. The van der Waals surface area contributed by atoms with Gasteiger partial charge in [-0.05, 0) is 52.2 Å². The molecule has 122 valence electrons. The summed E-state index contributed by atoms with van der Waals surface area (Å²) in [6, 6.07) is 10.7. The molecule has 0 aliphatic heterocycles. The molecule has 7 heteroatoms. The number of nitrogens with two attached hydrogens (primary N) is 1. The summed E-state index contributed by atoms with van der Waals surface area (Å²) in [4.78, 5) is 17.0. The number of nitrogen functional groups attached to an aromatic ring is 1. The topological polar surface area (TPSA) is 73.8 Å². The van der Waals surface area contributed by atoms with Crippen LogP contribution in [0.3, 0.4) is 0 Å². The number of aromatic nitrogens is 3. The number of nitrogens with zero attached hydrogens (tertiary/aromatic N) is 3. The number of Topliss-reactive ketones (excluding diaryl/α,β-unsaturated/α-hetero) is 1. The molecule has 0 spiro atoms. The van der Waals surface area contributed by atoms with Crippen molar-refractivity contribution in [3.8, 4) is 5.82 Å². The number of halogens is 2. The number of pyridine rings is 1. The van der Waals surface area contributed by atoms with Crippen molar-refractivity contribution in [1.82, 2.24) is 14.8 Å². The molecular formula is C17H14BrClN4O. The predicted octanol–water partition coefficient (Wildman–Crippen LogP) is 4.00. The number of hydrogen-bond donors (Lipinski definition) is 1. The van der Waals surface area contributed by atoms with E-state index in [0.717, 1.165) is 11.1 Å². The summed E-state index contributed by atoms with van der Waals surface area (Å²) in [5.41, 5.74) is 8.80. The fourth-order valence-corrected chi connectivity index (χ4v) is 3.04. The second-order valence-electron chi connectivity index (χ2n) is 5.32. The van der Waals surface area contributed by atoms with Gasteiger partial charge in [0.2, 0.25) is 0 Å². The molecule has 3 rings (SSSR count). The zero-order valence-corrected chi connectivity index (χ0v) is 15.2. The molecule has 2 aromatic heterocycles. The summed E-state index contributed by atoms with van der Waals surface area (Å²) in [6.07, 6.45) is 1.78. The van der Waals surface area contributed by atoms with E-state index in [4.69, 9.17) is 17.3 Å². The minimum Gasteiger partial charge on any atom is -0.398 e. The summed E-state index contributed by atoms with van der Waals surface area (Å²) in [5, 5.41) is 4.70. The van der Waals surface area contributed by atoms with Crippen molar-refractivity contribution in [3.63, 3.8) is 0 Å². The van der Waals surface area contributed by atoms with Crippen molar-refractivity contribution < 1.29 is 4.79 Å². The van der Waals surface area contributed by atoms with Crippen molar-refractivity contribution in [1.29, 1.82) is 0 Å². The van der Waals surface area contributed by atoms with Gasteiger partial charge in [-0.2, -0.15) is 5.10 Å². The summed E-state index contributed by atoms with van der Waals surface area (Å²) in [7, 11) is 0. The molecule has 2 N–H and O–H groups in total. The highest BCUT2D eigenvalue weighted by Gasteiger charge is 2.20. The van der Waals surface area contributed by atoms with Crippen LogP contribution < -0.4 is 5.73 Å². The molecule has 0 radical (unpaired) electrons. The SMILES string of the molecule is Cc1cccc(N)c1CC(=O)c1cc(Br)nn1-c1ncccc1Cl. The van der Waals surface area contributed by atoms with E-state index in [1.165, 1.54) is 4.68 Å². The summed E-state index contributed by atoms with van der Waals surface area (Å²) in [6.45, 7) is 1.93. The molecule has 0 atom stereocenters. The lowest BCUT2D eigenvalue weighted by Crippen LogP contribution is -2.14. The fourth-order valence-electron chi connectivity index (χ4n) is 2.46. The third-order valence-electron chi connectivity index (χ3n) is 3.69. The average Bonchev–Trinajstić information content (AvgIpc) is 2.93. The third kappa shape index (κ3) is 3.20. The van der Waals surface area contributed by atoms with Crippen LogP contribution in [0.5, 0.6) is 0 Å². The lowest BCUT2D eigenvalue weighted by Gasteiger charge is -2.10. The first-order chi connectivity index (χ1) is 11.5. The van der Waals surface area contributed by atoms with Gasteiger partial charge in [-0.1, -0.05) is 23.7 Å². The fraction of sp³-hybridized carbons (Fsp3) is 0.118. The molecule has 2 heterocycles. The number of carbonyl (C=O) groups excluding carboxylic acids is 1. The number of hydrogen-bond acceptors (Lipinski definition) is 4. The number of carbonyl (C=O) groups is 1. The highest BCUT2D eigenvalue weighted by Crippen LogP contribution is 2.24. The van der Waals surface area contributed by atoms with Gasteiger partial charge in [0.05, 0.1) is 5.02 Å². The highest BCUT2D eigenvalue weighted by atomic mass is 79.9. The van der Waals surface area contributed by atoms with Crippen LogP contribution in [-0.2, 0) is 6.42 Å². The zero-order valence-electron chi connectivity index (χ0n) is 12.8. The quantitative estimate of drug-likeness (QED) is 0.526. The second-order valence-corrected chi connectivity index (χ2v) is 6.54. The number of aryl methyl sites for hydroxylation is 1.